The Labute approximate surface area is 254 Å². The van der Waals surface area contributed by atoms with Crippen molar-refractivity contribution in [2.75, 3.05) is 6.61 Å². The second-order valence-electron chi connectivity index (χ2n) is 10.3. The van der Waals surface area contributed by atoms with Crippen molar-refractivity contribution in [3.05, 3.63) is 125 Å². The number of nitrogens with zero attached hydrogens (tertiary/aromatic N) is 1. The molecule has 1 aliphatic heterocycles. The highest BCUT2D eigenvalue weighted by atomic mass is 19.4. The minimum absolute atomic E-state index is 0.0373. The van der Waals surface area contributed by atoms with E-state index in [2.05, 4.69) is 10.1 Å². The van der Waals surface area contributed by atoms with Gasteiger partial charge in [-0.2, -0.15) is 0 Å². The van der Waals surface area contributed by atoms with Gasteiger partial charge in [0, 0.05) is 5.92 Å². The SMILES string of the molecule is O=C(CC(NC(=O)OCC1c2ccccc2-c2ccccc21)c1ccc(OC(F)(F)F)cc1)ON1C(=O)c2ccccc2C1=O. The molecule has 6 rings (SSSR count). The zero-order valence-corrected chi connectivity index (χ0v) is 23.2. The molecule has 2 aliphatic rings. The summed E-state index contributed by atoms with van der Waals surface area (Å²) in [5.41, 5.74) is 4.33. The number of carbonyl (C=O) groups is 4. The standard InChI is InChI=1S/C33H23F3N2O7/c34-33(35,36)44-20-15-13-19(14-16-20)28(17-29(39)45-38-30(40)25-11-5-6-12-26(25)31(38)41)37-32(42)43-18-27-23-9-3-1-7-21(23)22-8-2-4-10-24(22)27/h1-16,27-28H,17-18H2,(H,37,42). The van der Waals surface area contributed by atoms with Crippen molar-refractivity contribution in [3.63, 3.8) is 0 Å². The number of halogens is 3. The van der Waals surface area contributed by atoms with E-state index in [0.29, 0.717) is 5.06 Å². The number of hydrogen-bond donors (Lipinski definition) is 1. The van der Waals surface area contributed by atoms with Gasteiger partial charge in [-0.25, -0.2) is 9.59 Å². The zero-order valence-electron chi connectivity index (χ0n) is 23.2. The number of alkyl halides is 3. The van der Waals surface area contributed by atoms with Crippen molar-refractivity contribution in [2.45, 2.75) is 24.7 Å². The molecule has 0 bridgehead atoms. The first kappa shape index (κ1) is 29.4. The first-order valence-electron chi connectivity index (χ1n) is 13.7. The van der Waals surface area contributed by atoms with Gasteiger partial charge in [0.25, 0.3) is 11.8 Å². The van der Waals surface area contributed by atoms with Crippen LogP contribution in [0.1, 0.15) is 55.8 Å². The van der Waals surface area contributed by atoms with E-state index in [0.717, 1.165) is 34.4 Å². The smallest absolute Gasteiger partial charge is 0.449 e. The summed E-state index contributed by atoms with van der Waals surface area (Å²) in [5.74, 6) is -3.50. The summed E-state index contributed by atoms with van der Waals surface area (Å²) in [6.45, 7) is -0.0373. The maximum absolute atomic E-state index is 13.1. The molecule has 0 radical (unpaired) electrons. The molecule has 0 saturated carbocycles. The number of rotatable bonds is 8. The third-order valence-electron chi connectivity index (χ3n) is 7.47. The van der Waals surface area contributed by atoms with E-state index in [4.69, 9.17) is 9.57 Å². The van der Waals surface area contributed by atoms with E-state index >= 15 is 0 Å². The molecule has 4 aromatic rings. The van der Waals surface area contributed by atoms with E-state index < -0.39 is 48.5 Å². The lowest BCUT2D eigenvalue weighted by Crippen LogP contribution is -2.36. The second kappa shape index (κ2) is 11.8. The van der Waals surface area contributed by atoms with Crippen LogP contribution in [0.15, 0.2) is 97.1 Å². The van der Waals surface area contributed by atoms with Gasteiger partial charge >= 0.3 is 18.4 Å². The van der Waals surface area contributed by atoms with Crippen molar-refractivity contribution in [1.29, 1.82) is 0 Å². The van der Waals surface area contributed by atoms with Crippen molar-refractivity contribution in [2.24, 2.45) is 0 Å². The number of ether oxygens (including phenoxy) is 2. The van der Waals surface area contributed by atoms with Gasteiger partial charge in [0.2, 0.25) is 0 Å². The lowest BCUT2D eigenvalue weighted by molar-refractivity contribution is -0.274. The quantitative estimate of drug-likeness (QED) is 0.231. The summed E-state index contributed by atoms with van der Waals surface area (Å²) >= 11 is 0. The number of nitrogens with one attached hydrogen (secondary N) is 1. The Bertz CT molecular complexity index is 1730. The number of amides is 3. The summed E-state index contributed by atoms with van der Waals surface area (Å²) in [4.78, 5) is 56.4. The van der Waals surface area contributed by atoms with Gasteiger partial charge in [0.05, 0.1) is 23.6 Å². The Kier molecular flexibility index (Phi) is 7.71. The molecule has 9 nitrogen and oxygen atoms in total. The summed E-state index contributed by atoms with van der Waals surface area (Å²) in [6.07, 6.45) is -6.43. The monoisotopic (exact) mass is 616 g/mol. The van der Waals surface area contributed by atoms with Gasteiger partial charge in [-0.1, -0.05) is 77.9 Å². The van der Waals surface area contributed by atoms with E-state index in [9.17, 15) is 32.3 Å². The van der Waals surface area contributed by atoms with Crippen LogP contribution in [0.4, 0.5) is 18.0 Å². The molecular weight excluding hydrogens is 593 g/mol. The number of benzene rings is 4. The Hall–Kier alpha value is -5.65. The van der Waals surface area contributed by atoms with Gasteiger partial charge in [-0.15, -0.1) is 13.2 Å². The largest absolute Gasteiger partial charge is 0.573 e. The number of carbonyl (C=O) groups excluding carboxylic acids is 4. The van der Waals surface area contributed by atoms with Crippen molar-refractivity contribution >= 4 is 23.9 Å². The van der Waals surface area contributed by atoms with Gasteiger partial charge in [-0.3, -0.25) is 9.59 Å². The summed E-state index contributed by atoms with van der Waals surface area (Å²) in [6, 6.07) is 24.7. The number of imide groups is 1. The Morgan fingerprint density at radius 3 is 1.80 bits per heavy atom. The third kappa shape index (κ3) is 6.07. The molecule has 0 aromatic heterocycles. The first-order valence-corrected chi connectivity index (χ1v) is 13.7. The van der Waals surface area contributed by atoms with Crippen molar-refractivity contribution < 1.29 is 46.7 Å². The van der Waals surface area contributed by atoms with E-state index in [1.807, 2.05) is 48.5 Å². The van der Waals surface area contributed by atoms with Crippen LogP contribution >= 0.6 is 0 Å². The highest BCUT2D eigenvalue weighted by Gasteiger charge is 2.39. The van der Waals surface area contributed by atoms with Crippen LogP contribution in [0, 0.1) is 0 Å². The molecule has 228 valence electrons. The average Bonchev–Trinajstić information content (AvgIpc) is 3.46. The third-order valence-corrected chi connectivity index (χ3v) is 7.47. The Morgan fingerprint density at radius 1 is 0.756 bits per heavy atom. The van der Waals surface area contributed by atoms with Gasteiger partial charge in [-0.05, 0) is 52.1 Å². The van der Waals surface area contributed by atoms with E-state index in [1.165, 1.54) is 24.3 Å². The van der Waals surface area contributed by atoms with E-state index in [1.54, 1.807) is 12.1 Å². The predicted molar refractivity (Wildman–Crippen MR) is 152 cm³/mol. The molecule has 0 saturated heterocycles. The second-order valence-corrected chi connectivity index (χ2v) is 10.3. The first-order chi connectivity index (χ1) is 21.6. The fourth-order valence-electron chi connectivity index (χ4n) is 5.49. The number of hydroxylamine groups is 2. The summed E-state index contributed by atoms with van der Waals surface area (Å²) in [7, 11) is 0. The summed E-state index contributed by atoms with van der Waals surface area (Å²) in [5, 5.41) is 2.89. The highest BCUT2D eigenvalue weighted by molar-refractivity contribution is 6.20. The molecule has 12 heteroatoms. The minimum atomic E-state index is -4.92. The lowest BCUT2D eigenvalue weighted by Gasteiger charge is -2.21. The number of hydrogen-bond acceptors (Lipinski definition) is 7. The predicted octanol–water partition coefficient (Wildman–Crippen LogP) is 6.31. The topological polar surface area (TPSA) is 111 Å². The van der Waals surface area contributed by atoms with Crippen LogP contribution in [0.3, 0.4) is 0 Å². The molecule has 1 unspecified atom stereocenters. The molecule has 1 atom stereocenters. The van der Waals surface area contributed by atoms with Crippen LogP contribution < -0.4 is 10.1 Å². The molecule has 4 aromatic carbocycles. The number of alkyl carbamates (subject to hydrolysis) is 1. The molecule has 1 aliphatic carbocycles. The fourth-order valence-corrected chi connectivity index (χ4v) is 5.49. The van der Waals surface area contributed by atoms with Crippen LogP contribution in [0.2, 0.25) is 0 Å². The van der Waals surface area contributed by atoms with Crippen molar-refractivity contribution in [1.82, 2.24) is 10.4 Å². The molecule has 1 N–H and O–H groups in total. The molecule has 3 amide bonds. The average molecular weight is 617 g/mol. The molecule has 45 heavy (non-hydrogen) atoms. The van der Waals surface area contributed by atoms with Gasteiger partial charge < -0.3 is 19.6 Å². The maximum atomic E-state index is 13.1. The normalized spacial score (nSPS) is 14.3. The molecular formula is C33H23F3N2O7. The molecule has 1 heterocycles. The highest BCUT2D eigenvalue weighted by Crippen LogP contribution is 2.44. The Morgan fingerprint density at radius 2 is 1.27 bits per heavy atom. The minimum Gasteiger partial charge on any atom is -0.449 e. The lowest BCUT2D eigenvalue weighted by atomic mass is 9.98. The van der Waals surface area contributed by atoms with Crippen LogP contribution in [0.25, 0.3) is 11.1 Å². The number of fused-ring (bicyclic) bond motifs is 4. The van der Waals surface area contributed by atoms with Crippen LogP contribution in [-0.2, 0) is 14.4 Å². The van der Waals surface area contributed by atoms with E-state index in [-0.39, 0.29) is 29.2 Å². The fraction of sp³-hybridized carbons (Fsp3) is 0.152. The Balaban J connectivity index is 1.17. The maximum Gasteiger partial charge on any atom is 0.573 e. The van der Waals surface area contributed by atoms with Crippen LogP contribution in [0.5, 0.6) is 5.75 Å². The van der Waals surface area contributed by atoms with Gasteiger partial charge in [0.15, 0.2) is 0 Å². The van der Waals surface area contributed by atoms with Crippen LogP contribution in [-0.4, -0.2) is 41.9 Å². The molecule has 0 fully saturated rings. The molecule has 0 spiro atoms. The summed E-state index contributed by atoms with van der Waals surface area (Å²) < 4.78 is 47.5. The van der Waals surface area contributed by atoms with Gasteiger partial charge in [0.1, 0.15) is 12.4 Å². The van der Waals surface area contributed by atoms with Crippen molar-refractivity contribution in [3.8, 4) is 16.9 Å². The zero-order chi connectivity index (χ0) is 31.7.